The fourth-order valence-corrected chi connectivity index (χ4v) is 3.52. The standard InChI is InChI=1S/C20H29N3O4/c1-23(13-16-14-26-17-9-5-6-10-18(17)27-16)19(24)11-12-21-20(25)22-15-7-3-2-4-8-15/h5-6,9-10,15-16H,2-4,7-8,11-14H2,1H3,(H2,21,22,25)/t16-/m1/s1. The lowest BCUT2D eigenvalue weighted by Gasteiger charge is -2.29. The zero-order valence-corrected chi connectivity index (χ0v) is 15.9. The first kappa shape index (κ1) is 19.3. The first-order valence-corrected chi connectivity index (χ1v) is 9.78. The molecule has 1 aromatic carbocycles. The number of fused-ring (bicyclic) bond motifs is 1. The summed E-state index contributed by atoms with van der Waals surface area (Å²) in [6.45, 7) is 1.19. The number of carbonyl (C=O) groups is 2. The quantitative estimate of drug-likeness (QED) is 0.800. The Labute approximate surface area is 160 Å². The van der Waals surface area contributed by atoms with Gasteiger partial charge in [-0.2, -0.15) is 0 Å². The summed E-state index contributed by atoms with van der Waals surface area (Å²) in [6, 6.07) is 7.60. The predicted octanol–water partition coefficient (Wildman–Crippen LogP) is 2.31. The van der Waals surface area contributed by atoms with Gasteiger partial charge in [-0.05, 0) is 25.0 Å². The summed E-state index contributed by atoms with van der Waals surface area (Å²) < 4.78 is 11.6. The average molecular weight is 375 g/mol. The van der Waals surface area contributed by atoms with Gasteiger partial charge < -0.3 is 25.0 Å². The summed E-state index contributed by atoms with van der Waals surface area (Å²) in [5.74, 6) is 1.40. The molecule has 1 aliphatic heterocycles. The second-order valence-corrected chi connectivity index (χ2v) is 7.26. The number of benzene rings is 1. The van der Waals surface area contributed by atoms with E-state index in [9.17, 15) is 9.59 Å². The van der Waals surface area contributed by atoms with Crippen LogP contribution in [-0.4, -0.2) is 55.7 Å². The van der Waals surface area contributed by atoms with E-state index in [0.717, 1.165) is 18.6 Å². The largest absolute Gasteiger partial charge is 0.486 e. The van der Waals surface area contributed by atoms with Crippen molar-refractivity contribution in [2.75, 3.05) is 26.7 Å². The fraction of sp³-hybridized carbons (Fsp3) is 0.600. The summed E-state index contributed by atoms with van der Waals surface area (Å²) >= 11 is 0. The normalized spacial score (nSPS) is 19.2. The number of rotatable bonds is 6. The molecule has 7 nitrogen and oxygen atoms in total. The highest BCUT2D eigenvalue weighted by Gasteiger charge is 2.23. The van der Waals surface area contributed by atoms with Crippen LogP contribution in [-0.2, 0) is 4.79 Å². The van der Waals surface area contributed by atoms with E-state index in [-0.39, 0.29) is 30.5 Å². The number of hydrogen-bond acceptors (Lipinski definition) is 4. The van der Waals surface area contributed by atoms with E-state index < -0.39 is 0 Å². The van der Waals surface area contributed by atoms with Gasteiger partial charge in [0.15, 0.2) is 17.6 Å². The molecule has 0 aromatic heterocycles. The van der Waals surface area contributed by atoms with Crippen LogP contribution < -0.4 is 20.1 Å². The Morgan fingerprint density at radius 2 is 1.89 bits per heavy atom. The van der Waals surface area contributed by atoms with Crippen LogP contribution in [0.4, 0.5) is 4.79 Å². The minimum Gasteiger partial charge on any atom is -0.486 e. The zero-order chi connectivity index (χ0) is 19.1. The van der Waals surface area contributed by atoms with Gasteiger partial charge in [0, 0.05) is 26.1 Å². The molecular weight excluding hydrogens is 346 g/mol. The molecule has 1 fully saturated rings. The molecule has 7 heteroatoms. The molecule has 3 rings (SSSR count). The molecule has 2 N–H and O–H groups in total. The third kappa shape index (κ3) is 5.77. The van der Waals surface area contributed by atoms with Gasteiger partial charge in [0.25, 0.3) is 0 Å². The Hall–Kier alpha value is -2.44. The number of urea groups is 1. The van der Waals surface area contributed by atoms with Crippen molar-refractivity contribution in [1.82, 2.24) is 15.5 Å². The maximum Gasteiger partial charge on any atom is 0.315 e. The van der Waals surface area contributed by atoms with Crippen molar-refractivity contribution in [3.63, 3.8) is 0 Å². The predicted molar refractivity (Wildman–Crippen MR) is 102 cm³/mol. The third-order valence-electron chi connectivity index (χ3n) is 5.04. The summed E-state index contributed by atoms with van der Waals surface area (Å²) in [6.07, 6.45) is 5.75. The third-order valence-corrected chi connectivity index (χ3v) is 5.04. The zero-order valence-electron chi connectivity index (χ0n) is 15.9. The Balaban J connectivity index is 1.34. The Morgan fingerprint density at radius 3 is 2.67 bits per heavy atom. The first-order valence-electron chi connectivity index (χ1n) is 9.78. The average Bonchev–Trinajstić information content (AvgIpc) is 2.68. The van der Waals surface area contributed by atoms with Crippen LogP contribution >= 0.6 is 0 Å². The number of nitrogens with one attached hydrogen (secondary N) is 2. The van der Waals surface area contributed by atoms with Crippen molar-refractivity contribution in [2.45, 2.75) is 50.7 Å². The minimum absolute atomic E-state index is 0.0320. The Bertz CT molecular complexity index is 646. The smallest absolute Gasteiger partial charge is 0.315 e. The van der Waals surface area contributed by atoms with Crippen molar-refractivity contribution >= 4 is 11.9 Å². The summed E-state index contributed by atoms with van der Waals surface area (Å²) in [7, 11) is 1.74. The van der Waals surface area contributed by atoms with E-state index in [1.54, 1.807) is 11.9 Å². The monoisotopic (exact) mass is 375 g/mol. The van der Waals surface area contributed by atoms with Crippen LogP contribution in [0, 0.1) is 0 Å². The van der Waals surface area contributed by atoms with Crippen molar-refractivity contribution < 1.29 is 19.1 Å². The summed E-state index contributed by atoms with van der Waals surface area (Å²) in [5, 5.41) is 5.76. The van der Waals surface area contributed by atoms with E-state index in [4.69, 9.17) is 9.47 Å². The highest BCUT2D eigenvalue weighted by molar-refractivity contribution is 5.78. The molecule has 1 atom stereocenters. The summed E-state index contributed by atoms with van der Waals surface area (Å²) in [5.41, 5.74) is 0. The van der Waals surface area contributed by atoms with Gasteiger partial charge in [-0.25, -0.2) is 4.79 Å². The highest BCUT2D eigenvalue weighted by Crippen LogP contribution is 2.30. The fourth-order valence-electron chi connectivity index (χ4n) is 3.52. The van der Waals surface area contributed by atoms with E-state index in [1.165, 1.54) is 19.3 Å². The van der Waals surface area contributed by atoms with Crippen molar-refractivity contribution in [3.8, 4) is 11.5 Å². The van der Waals surface area contributed by atoms with Gasteiger partial charge in [-0.1, -0.05) is 31.4 Å². The molecule has 27 heavy (non-hydrogen) atoms. The number of nitrogens with zero attached hydrogens (tertiary/aromatic N) is 1. The van der Waals surface area contributed by atoms with E-state index in [1.807, 2.05) is 24.3 Å². The number of likely N-dealkylation sites (N-methyl/N-ethyl adjacent to an activating group) is 1. The molecule has 0 spiro atoms. The molecule has 148 valence electrons. The molecule has 0 unspecified atom stereocenters. The number of carbonyl (C=O) groups excluding carboxylic acids is 2. The van der Waals surface area contributed by atoms with Gasteiger partial charge in [0.05, 0.1) is 6.54 Å². The SMILES string of the molecule is CN(C[C@@H]1COc2ccccc2O1)C(=O)CCNC(=O)NC1CCCCC1. The maximum atomic E-state index is 12.3. The molecule has 2 aliphatic rings. The number of ether oxygens (including phenoxy) is 2. The number of para-hydroxylation sites is 2. The van der Waals surface area contributed by atoms with Crippen molar-refractivity contribution in [1.29, 1.82) is 0 Å². The van der Waals surface area contributed by atoms with Crippen LogP contribution in [0.25, 0.3) is 0 Å². The summed E-state index contributed by atoms with van der Waals surface area (Å²) in [4.78, 5) is 25.8. The van der Waals surface area contributed by atoms with Gasteiger partial charge in [0.2, 0.25) is 5.91 Å². The van der Waals surface area contributed by atoms with Gasteiger partial charge in [-0.3, -0.25) is 4.79 Å². The van der Waals surface area contributed by atoms with Crippen molar-refractivity contribution in [2.24, 2.45) is 0 Å². The molecular formula is C20H29N3O4. The lowest BCUT2D eigenvalue weighted by molar-refractivity contribution is -0.131. The molecule has 1 heterocycles. The van der Waals surface area contributed by atoms with Crippen LogP contribution in [0.15, 0.2) is 24.3 Å². The molecule has 3 amide bonds. The Kier molecular flexibility index (Phi) is 6.79. The number of hydrogen-bond donors (Lipinski definition) is 2. The minimum atomic E-state index is -0.198. The Morgan fingerprint density at radius 1 is 1.15 bits per heavy atom. The molecule has 1 aromatic rings. The second-order valence-electron chi connectivity index (χ2n) is 7.26. The van der Waals surface area contributed by atoms with E-state index in [0.29, 0.717) is 25.4 Å². The van der Waals surface area contributed by atoms with Gasteiger partial charge >= 0.3 is 6.03 Å². The van der Waals surface area contributed by atoms with Crippen LogP contribution in [0.1, 0.15) is 38.5 Å². The number of amides is 3. The topological polar surface area (TPSA) is 79.9 Å². The van der Waals surface area contributed by atoms with Gasteiger partial charge in [-0.15, -0.1) is 0 Å². The highest BCUT2D eigenvalue weighted by atomic mass is 16.6. The molecule has 1 aliphatic carbocycles. The first-order chi connectivity index (χ1) is 13.1. The lowest BCUT2D eigenvalue weighted by atomic mass is 9.96. The molecule has 0 bridgehead atoms. The van der Waals surface area contributed by atoms with Crippen LogP contribution in [0.3, 0.4) is 0 Å². The molecule has 0 saturated heterocycles. The van der Waals surface area contributed by atoms with Crippen molar-refractivity contribution in [3.05, 3.63) is 24.3 Å². The molecule has 0 radical (unpaired) electrons. The van der Waals surface area contributed by atoms with Gasteiger partial charge in [0.1, 0.15) is 6.61 Å². The van der Waals surface area contributed by atoms with E-state index in [2.05, 4.69) is 10.6 Å². The second kappa shape index (κ2) is 9.48. The molecule has 1 saturated carbocycles. The van der Waals surface area contributed by atoms with Crippen LogP contribution in [0.5, 0.6) is 11.5 Å². The van der Waals surface area contributed by atoms with E-state index >= 15 is 0 Å². The van der Waals surface area contributed by atoms with Crippen LogP contribution in [0.2, 0.25) is 0 Å². The maximum absolute atomic E-state index is 12.3. The lowest BCUT2D eigenvalue weighted by Crippen LogP contribution is -2.45.